The van der Waals surface area contributed by atoms with Crippen LogP contribution in [0.3, 0.4) is 0 Å². The van der Waals surface area contributed by atoms with E-state index in [1.54, 1.807) is 36.2 Å². The average molecular weight is 485 g/mol. The molecular weight excluding hydrogens is 452 g/mol. The number of hydrogen-bond acceptors (Lipinski definition) is 6. The molecule has 1 saturated carbocycles. The first-order valence-electron chi connectivity index (χ1n) is 12.2. The highest BCUT2D eigenvalue weighted by Gasteiger charge is 2.35. The zero-order valence-electron chi connectivity index (χ0n) is 20.1. The van der Waals surface area contributed by atoms with Crippen molar-refractivity contribution in [3.63, 3.8) is 0 Å². The van der Waals surface area contributed by atoms with E-state index in [0.29, 0.717) is 29.8 Å². The quantitative estimate of drug-likeness (QED) is 0.542. The van der Waals surface area contributed by atoms with Crippen LogP contribution in [0.25, 0.3) is 11.0 Å². The molecule has 34 heavy (non-hydrogen) atoms. The van der Waals surface area contributed by atoms with Crippen molar-refractivity contribution in [1.29, 1.82) is 0 Å². The highest BCUT2D eigenvalue weighted by Crippen LogP contribution is 2.38. The van der Waals surface area contributed by atoms with Gasteiger partial charge < -0.3 is 15.3 Å². The molecule has 1 aromatic carbocycles. The highest BCUT2D eigenvalue weighted by molar-refractivity contribution is 6.32. The molecule has 9 heteroatoms. The Balaban J connectivity index is 1.42. The molecule has 1 aliphatic heterocycles. The Labute approximate surface area is 204 Å². The van der Waals surface area contributed by atoms with Crippen LogP contribution in [0.2, 0.25) is 5.02 Å². The topological polar surface area (TPSA) is 88.2 Å². The van der Waals surface area contributed by atoms with E-state index in [1.165, 1.54) is 25.7 Å². The van der Waals surface area contributed by atoms with Gasteiger partial charge in [-0.1, -0.05) is 24.4 Å². The average Bonchev–Trinajstić information content (AvgIpc) is 3.33. The first-order valence-corrected chi connectivity index (χ1v) is 12.5. The van der Waals surface area contributed by atoms with Crippen molar-refractivity contribution in [2.75, 3.05) is 23.3 Å². The van der Waals surface area contributed by atoms with Gasteiger partial charge in [0.25, 0.3) is 0 Å². The number of halogens is 1. The van der Waals surface area contributed by atoms with Gasteiger partial charge in [-0.2, -0.15) is 4.98 Å². The molecule has 0 amide bonds. The molecular formula is C25H33ClN6O2. The van der Waals surface area contributed by atoms with Gasteiger partial charge in [0.05, 0.1) is 22.8 Å². The van der Waals surface area contributed by atoms with Crippen LogP contribution < -0.4 is 15.9 Å². The minimum absolute atomic E-state index is 0.103. The van der Waals surface area contributed by atoms with E-state index in [-0.39, 0.29) is 5.69 Å². The minimum atomic E-state index is -0.852. The standard InChI is InChI=1S/C25H33ClN6O2/c1-25(2,34)10-11-32-21-12-18(8-9-20(21)30(3)24(32)33)28-22-19(26)13-27-23(29-22)31-14-16-6-4-5-7-17(16)15-31/h8-9,12-13,16-17,34H,4-7,10-11,14-15H2,1-3H3,(H,27,28,29)/t16-,17?/m1/s1. The van der Waals surface area contributed by atoms with Crippen molar-refractivity contribution in [2.24, 2.45) is 18.9 Å². The van der Waals surface area contributed by atoms with Gasteiger partial charge in [0.2, 0.25) is 5.95 Å². The van der Waals surface area contributed by atoms with Gasteiger partial charge in [-0.05, 0) is 63.1 Å². The normalized spacial score (nSPS) is 20.7. The van der Waals surface area contributed by atoms with E-state index < -0.39 is 5.60 Å². The summed E-state index contributed by atoms with van der Waals surface area (Å²) in [5, 5.41) is 13.9. The summed E-state index contributed by atoms with van der Waals surface area (Å²) in [6, 6.07) is 5.77. The number of anilines is 3. The second-order valence-electron chi connectivity index (χ2n) is 10.5. The summed E-state index contributed by atoms with van der Waals surface area (Å²) in [4.78, 5) is 24.4. The summed E-state index contributed by atoms with van der Waals surface area (Å²) in [5.74, 6) is 2.75. The number of hydrogen-bond donors (Lipinski definition) is 2. The first-order chi connectivity index (χ1) is 16.2. The monoisotopic (exact) mass is 484 g/mol. The molecule has 2 N–H and O–H groups in total. The molecule has 182 valence electrons. The van der Waals surface area contributed by atoms with Gasteiger partial charge in [0.1, 0.15) is 5.02 Å². The Kier molecular flexibility index (Phi) is 6.06. The predicted molar refractivity (Wildman–Crippen MR) is 136 cm³/mol. The zero-order chi connectivity index (χ0) is 24.0. The number of nitrogens with one attached hydrogen (secondary N) is 1. The van der Waals surface area contributed by atoms with Gasteiger partial charge in [-0.15, -0.1) is 0 Å². The molecule has 1 aliphatic carbocycles. The zero-order valence-corrected chi connectivity index (χ0v) is 20.8. The summed E-state index contributed by atoms with van der Waals surface area (Å²) in [6.45, 7) is 5.95. The van der Waals surface area contributed by atoms with E-state index in [4.69, 9.17) is 16.6 Å². The summed E-state index contributed by atoms with van der Waals surface area (Å²) in [6.07, 6.45) is 7.38. The first kappa shape index (κ1) is 23.2. The fourth-order valence-electron chi connectivity index (χ4n) is 5.39. The molecule has 5 rings (SSSR count). The number of rotatable bonds is 6. The fourth-order valence-corrected chi connectivity index (χ4v) is 5.53. The van der Waals surface area contributed by atoms with Crippen LogP contribution in [0, 0.1) is 11.8 Å². The lowest BCUT2D eigenvalue weighted by molar-refractivity contribution is 0.0662. The Hall–Kier alpha value is -2.58. The molecule has 8 nitrogen and oxygen atoms in total. The third-order valence-electron chi connectivity index (χ3n) is 7.35. The molecule has 3 aromatic rings. The van der Waals surface area contributed by atoms with Crippen LogP contribution in [0.4, 0.5) is 17.5 Å². The molecule has 2 aliphatic rings. The van der Waals surface area contributed by atoms with Crippen LogP contribution in [0.5, 0.6) is 0 Å². The van der Waals surface area contributed by atoms with Crippen LogP contribution in [0.15, 0.2) is 29.2 Å². The van der Waals surface area contributed by atoms with E-state index in [1.807, 2.05) is 18.2 Å². The van der Waals surface area contributed by atoms with Crippen LogP contribution in [0.1, 0.15) is 46.0 Å². The number of fused-ring (bicyclic) bond motifs is 2. The van der Waals surface area contributed by atoms with Gasteiger partial charge >= 0.3 is 5.69 Å². The van der Waals surface area contributed by atoms with Crippen LogP contribution in [-0.2, 0) is 13.6 Å². The second-order valence-corrected chi connectivity index (χ2v) is 10.9. The Bertz CT molecular complexity index is 1250. The summed E-state index contributed by atoms with van der Waals surface area (Å²) < 4.78 is 3.34. The maximum atomic E-state index is 12.8. The van der Waals surface area contributed by atoms with Crippen LogP contribution >= 0.6 is 11.6 Å². The van der Waals surface area contributed by atoms with Gasteiger partial charge in [0, 0.05) is 32.4 Å². The van der Waals surface area contributed by atoms with Crippen molar-refractivity contribution in [2.45, 2.75) is 58.1 Å². The molecule has 1 unspecified atom stereocenters. The minimum Gasteiger partial charge on any atom is -0.390 e. The SMILES string of the molecule is Cn1c(=O)n(CCC(C)(C)O)c2cc(Nc3nc(N4CC5CCCC[C@@H]5C4)ncc3Cl)ccc21. The molecule has 0 bridgehead atoms. The Morgan fingerprint density at radius 1 is 1.18 bits per heavy atom. The Morgan fingerprint density at radius 3 is 2.56 bits per heavy atom. The van der Waals surface area contributed by atoms with Gasteiger partial charge in [-0.3, -0.25) is 9.13 Å². The second kappa shape index (κ2) is 8.89. The lowest BCUT2D eigenvalue weighted by atomic mass is 9.82. The number of aliphatic hydroxyl groups is 1. The molecule has 3 heterocycles. The van der Waals surface area contributed by atoms with Crippen molar-refractivity contribution in [3.8, 4) is 0 Å². The van der Waals surface area contributed by atoms with E-state index >= 15 is 0 Å². The van der Waals surface area contributed by atoms with Crippen molar-refractivity contribution in [3.05, 3.63) is 39.9 Å². The molecule has 2 atom stereocenters. The molecule has 0 spiro atoms. The summed E-state index contributed by atoms with van der Waals surface area (Å²) in [5.41, 5.74) is 1.47. The number of aromatic nitrogens is 4. The molecule has 0 radical (unpaired) electrons. The Morgan fingerprint density at radius 2 is 1.88 bits per heavy atom. The maximum absolute atomic E-state index is 12.8. The van der Waals surface area contributed by atoms with E-state index in [9.17, 15) is 9.90 Å². The molecule has 2 fully saturated rings. The lowest BCUT2D eigenvalue weighted by Gasteiger charge is -2.22. The predicted octanol–water partition coefficient (Wildman–Crippen LogP) is 4.31. The maximum Gasteiger partial charge on any atom is 0.328 e. The summed E-state index contributed by atoms with van der Waals surface area (Å²) in [7, 11) is 1.76. The van der Waals surface area contributed by atoms with Gasteiger partial charge in [0.15, 0.2) is 5.82 Å². The van der Waals surface area contributed by atoms with Crippen LogP contribution in [-0.4, -0.2) is 42.9 Å². The fraction of sp³-hybridized carbons (Fsp3) is 0.560. The number of benzene rings is 1. The highest BCUT2D eigenvalue weighted by atomic mass is 35.5. The van der Waals surface area contributed by atoms with Crippen molar-refractivity contribution >= 4 is 40.1 Å². The molecule has 1 saturated heterocycles. The third-order valence-corrected chi connectivity index (χ3v) is 7.62. The molecule has 2 aromatic heterocycles. The third kappa shape index (κ3) is 4.53. The van der Waals surface area contributed by atoms with E-state index in [0.717, 1.165) is 41.6 Å². The number of aryl methyl sites for hydroxylation is 2. The number of nitrogens with zero attached hydrogens (tertiary/aromatic N) is 5. The largest absolute Gasteiger partial charge is 0.390 e. The smallest absolute Gasteiger partial charge is 0.328 e. The van der Waals surface area contributed by atoms with Crippen molar-refractivity contribution in [1.82, 2.24) is 19.1 Å². The number of imidazole rings is 1. The summed E-state index contributed by atoms with van der Waals surface area (Å²) >= 11 is 6.46. The van der Waals surface area contributed by atoms with Crippen molar-refractivity contribution < 1.29 is 5.11 Å². The van der Waals surface area contributed by atoms with E-state index in [2.05, 4.69) is 15.2 Å². The van der Waals surface area contributed by atoms with Gasteiger partial charge in [-0.25, -0.2) is 9.78 Å². The lowest BCUT2D eigenvalue weighted by Crippen LogP contribution is -2.27.